The standard InChI is InChI=1S/C23H28N4O5S/c1-32-18-9-11-19(12-10-18)33(30,31)27-21-8-4-3-7-20(21)26(23(27)29)17-22(28)24-13-16-25-14-5-2-6-15-25/h3-4,7-12H,2,5-6,13-17H2,1H3,(H,24,28). The van der Waals surface area contributed by atoms with Crippen molar-refractivity contribution in [1.82, 2.24) is 18.8 Å². The van der Waals surface area contributed by atoms with Crippen LogP contribution >= 0.6 is 0 Å². The minimum atomic E-state index is -4.18. The minimum absolute atomic E-state index is 0.0423. The number of benzene rings is 2. The maximum absolute atomic E-state index is 13.3. The van der Waals surface area contributed by atoms with Crippen LogP contribution in [0.4, 0.5) is 0 Å². The number of amides is 1. The van der Waals surface area contributed by atoms with Crippen molar-refractivity contribution < 1.29 is 17.9 Å². The number of likely N-dealkylation sites (tertiary alicyclic amines) is 1. The lowest BCUT2D eigenvalue weighted by Crippen LogP contribution is -2.40. The molecule has 4 rings (SSSR count). The predicted octanol–water partition coefficient (Wildman–Crippen LogP) is 1.65. The van der Waals surface area contributed by atoms with E-state index in [1.165, 1.54) is 55.2 Å². The Bertz CT molecular complexity index is 1290. The maximum Gasteiger partial charge on any atom is 0.343 e. The van der Waals surface area contributed by atoms with Crippen molar-refractivity contribution in [2.45, 2.75) is 30.7 Å². The van der Waals surface area contributed by atoms with Gasteiger partial charge in [0.25, 0.3) is 10.0 Å². The van der Waals surface area contributed by atoms with E-state index in [-0.39, 0.29) is 22.9 Å². The lowest BCUT2D eigenvalue weighted by Gasteiger charge is -2.26. The van der Waals surface area contributed by atoms with Crippen LogP contribution in [0, 0.1) is 0 Å². The van der Waals surface area contributed by atoms with Crippen molar-refractivity contribution in [1.29, 1.82) is 0 Å². The van der Waals surface area contributed by atoms with Crippen molar-refractivity contribution in [3.63, 3.8) is 0 Å². The highest BCUT2D eigenvalue weighted by molar-refractivity contribution is 7.90. The fourth-order valence-corrected chi connectivity index (χ4v) is 5.56. The average molecular weight is 473 g/mol. The smallest absolute Gasteiger partial charge is 0.343 e. The second kappa shape index (κ2) is 9.80. The lowest BCUT2D eigenvalue weighted by atomic mass is 10.1. The molecule has 9 nitrogen and oxygen atoms in total. The molecule has 3 aromatic rings. The SMILES string of the molecule is COc1ccc(S(=O)(=O)n2c(=O)n(CC(=O)NCCN3CCCCC3)c3ccccc32)cc1. The normalized spacial score (nSPS) is 14.9. The molecule has 2 heterocycles. The molecule has 1 aliphatic rings. The highest BCUT2D eigenvalue weighted by Crippen LogP contribution is 2.21. The fraction of sp³-hybridized carbons (Fsp3) is 0.391. The third-order valence-electron chi connectivity index (χ3n) is 5.89. The van der Waals surface area contributed by atoms with Crippen molar-refractivity contribution in [3.8, 4) is 5.75 Å². The predicted molar refractivity (Wildman–Crippen MR) is 125 cm³/mol. The van der Waals surface area contributed by atoms with Crippen molar-refractivity contribution in [3.05, 3.63) is 59.0 Å². The number of aromatic nitrogens is 2. The summed E-state index contributed by atoms with van der Waals surface area (Å²) in [4.78, 5) is 28.1. The van der Waals surface area contributed by atoms with E-state index in [4.69, 9.17) is 4.74 Å². The first-order valence-corrected chi connectivity index (χ1v) is 12.4. The number of carbonyl (C=O) groups excluding carboxylic acids is 1. The van der Waals surface area contributed by atoms with Gasteiger partial charge in [0.1, 0.15) is 12.3 Å². The molecule has 0 aliphatic carbocycles. The van der Waals surface area contributed by atoms with Crippen LogP contribution in [0.1, 0.15) is 19.3 Å². The number of fused-ring (bicyclic) bond motifs is 1. The van der Waals surface area contributed by atoms with Gasteiger partial charge in [-0.2, -0.15) is 3.97 Å². The van der Waals surface area contributed by atoms with E-state index in [1.807, 2.05) is 0 Å². The zero-order valence-corrected chi connectivity index (χ0v) is 19.4. The Kier molecular flexibility index (Phi) is 6.85. The molecule has 10 heteroatoms. The highest BCUT2D eigenvalue weighted by atomic mass is 32.2. The highest BCUT2D eigenvalue weighted by Gasteiger charge is 2.26. The van der Waals surface area contributed by atoms with Gasteiger partial charge in [0.15, 0.2) is 0 Å². The Labute approximate surface area is 192 Å². The number of imidazole rings is 1. The number of hydrogen-bond acceptors (Lipinski definition) is 6. The van der Waals surface area contributed by atoms with E-state index in [0.717, 1.165) is 23.6 Å². The monoisotopic (exact) mass is 472 g/mol. The molecule has 1 aliphatic heterocycles. The first-order chi connectivity index (χ1) is 15.9. The zero-order chi connectivity index (χ0) is 23.4. The van der Waals surface area contributed by atoms with Crippen LogP contribution < -0.4 is 15.7 Å². The quantitative estimate of drug-likeness (QED) is 0.535. The minimum Gasteiger partial charge on any atom is -0.497 e. The molecule has 0 bridgehead atoms. The number of para-hydroxylation sites is 2. The van der Waals surface area contributed by atoms with Gasteiger partial charge >= 0.3 is 5.69 Å². The molecule has 176 valence electrons. The van der Waals surface area contributed by atoms with Crippen LogP contribution in [0.5, 0.6) is 5.75 Å². The first kappa shape index (κ1) is 23.1. The summed E-state index contributed by atoms with van der Waals surface area (Å²) < 4.78 is 33.7. The van der Waals surface area contributed by atoms with Crippen molar-refractivity contribution in [2.24, 2.45) is 0 Å². The molecule has 2 aromatic carbocycles. The van der Waals surface area contributed by atoms with E-state index >= 15 is 0 Å². The average Bonchev–Trinajstić information content (AvgIpc) is 3.11. The largest absolute Gasteiger partial charge is 0.497 e. The Hall–Kier alpha value is -3.11. The second-order valence-corrected chi connectivity index (χ2v) is 9.84. The molecular weight excluding hydrogens is 444 g/mol. The molecular formula is C23H28N4O5S. The summed E-state index contributed by atoms with van der Waals surface area (Å²) in [5.74, 6) is 0.170. The van der Waals surface area contributed by atoms with Gasteiger partial charge in [-0.1, -0.05) is 18.6 Å². The Morgan fingerprint density at radius 2 is 1.67 bits per heavy atom. The summed E-state index contributed by atoms with van der Waals surface area (Å²) in [7, 11) is -2.69. The van der Waals surface area contributed by atoms with Crippen molar-refractivity contribution >= 4 is 27.0 Å². The van der Waals surface area contributed by atoms with Gasteiger partial charge in [-0.05, 0) is 62.3 Å². The van der Waals surface area contributed by atoms with Gasteiger partial charge < -0.3 is 15.0 Å². The van der Waals surface area contributed by atoms with Gasteiger partial charge in [0, 0.05) is 13.1 Å². The second-order valence-electron chi connectivity index (χ2n) is 8.05. The summed E-state index contributed by atoms with van der Waals surface area (Å²) in [5, 5.41) is 2.85. The number of piperidine rings is 1. The molecule has 1 fully saturated rings. The molecule has 0 unspecified atom stereocenters. The summed E-state index contributed by atoms with van der Waals surface area (Å²) >= 11 is 0. The van der Waals surface area contributed by atoms with Crippen LogP contribution in [-0.4, -0.2) is 61.1 Å². The van der Waals surface area contributed by atoms with E-state index in [0.29, 0.717) is 17.8 Å². The number of rotatable bonds is 8. The lowest BCUT2D eigenvalue weighted by molar-refractivity contribution is -0.121. The summed E-state index contributed by atoms with van der Waals surface area (Å²) in [6.45, 7) is 3.05. The van der Waals surface area contributed by atoms with Gasteiger partial charge in [0.2, 0.25) is 5.91 Å². The fourth-order valence-electron chi connectivity index (χ4n) is 4.15. The van der Waals surface area contributed by atoms with Crippen LogP contribution in [0.15, 0.2) is 58.2 Å². The molecule has 0 radical (unpaired) electrons. The van der Waals surface area contributed by atoms with Gasteiger partial charge in [-0.25, -0.2) is 13.2 Å². The number of methoxy groups -OCH3 is 1. The molecule has 33 heavy (non-hydrogen) atoms. The molecule has 0 atom stereocenters. The van der Waals surface area contributed by atoms with E-state index in [9.17, 15) is 18.0 Å². The Balaban J connectivity index is 1.59. The summed E-state index contributed by atoms with van der Waals surface area (Å²) in [6.07, 6.45) is 3.59. The molecule has 1 aromatic heterocycles. The van der Waals surface area contributed by atoms with Gasteiger partial charge in [-0.15, -0.1) is 0 Å². The number of carbonyl (C=O) groups is 1. The number of ether oxygens (including phenoxy) is 1. The Morgan fingerprint density at radius 3 is 2.33 bits per heavy atom. The molecule has 0 saturated carbocycles. The maximum atomic E-state index is 13.3. The zero-order valence-electron chi connectivity index (χ0n) is 18.6. The van der Waals surface area contributed by atoms with Crippen LogP contribution in [0.2, 0.25) is 0 Å². The first-order valence-electron chi connectivity index (χ1n) is 11.0. The summed E-state index contributed by atoms with van der Waals surface area (Å²) in [6, 6.07) is 12.4. The number of hydrogen-bond donors (Lipinski definition) is 1. The third kappa shape index (κ3) is 4.81. The third-order valence-corrected chi connectivity index (χ3v) is 7.60. The van der Waals surface area contributed by atoms with E-state index in [2.05, 4.69) is 10.2 Å². The Morgan fingerprint density at radius 1 is 1.00 bits per heavy atom. The van der Waals surface area contributed by atoms with Crippen molar-refractivity contribution in [2.75, 3.05) is 33.3 Å². The van der Waals surface area contributed by atoms with Crippen LogP contribution in [0.25, 0.3) is 11.0 Å². The topological polar surface area (TPSA) is 103 Å². The molecule has 1 saturated heterocycles. The van der Waals surface area contributed by atoms with E-state index in [1.54, 1.807) is 24.3 Å². The molecule has 0 spiro atoms. The van der Waals surface area contributed by atoms with Gasteiger partial charge in [0.05, 0.1) is 23.0 Å². The molecule has 1 N–H and O–H groups in total. The van der Waals surface area contributed by atoms with E-state index < -0.39 is 15.7 Å². The van der Waals surface area contributed by atoms with Crippen LogP contribution in [0.3, 0.4) is 0 Å². The number of nitrogens with zero attached hydrogens (tertiary/aromatic N) is 3. The van der Waals surface area contributed by atoms with Gasteiger partial charge in [-0.3, -0.25) is 9.36 Å². The number of nitrogens with one attached hydrogen (secondary N) is 1. The molecule has 1 amide bonds. The van der Waals surface area contributed by atoms with Crippen LogP contribution in [-0.2, 0) is 21.4 Å². The summed E-state index contributed by atoms with van der Waals surface area (Å²) in [5.41, 5.74) is -0.177.